The summed E-state index contributed by atoms with van der Waals surface area (Å²) in [4.78, 5) is 27.4. The zero-order valence-corrected chi connectivity index (χ0v) is 22.6. The van der Waals surface area contributed by atoms with Gasteiger partial charge >= 0.3 is 6.18 Å². The Bertz CT molecular complexity index is 1520. The van der Waals surface area contributed by atoms with Gasteiger partial charge in [0.05, 0.1) is 12.8 Å². The highest BCUT2D eigenvalue weighted by Gasteiger charge is 2.35. The first kappa shape index (κ1) is 28.0. The van der Waals surface area contributed by atoms with Crippen LogP contribution in [0.5, 0.6) is 5.88 Å². The summed E-state index contributed by atoms with van der Waals surface area (Å²) in [5.74, 6) is -0.0340. The summed E-state index contributed by atoms with van der Waals surface area (Å²) >= 11 is 0. The smallest absolute Gasteiger partial charge is 0.419 e. The van der Waals surface area contributed by atoms with E-state index in [1.807, 2.05) is 19.1 Å². The third kappa shape index (κ3) is 6.80. The van der Waals surface area contributed by atoms with E-state index in [1.165, 1.54) is 38.3 Å². The van der Waals surface area contributed by atoms with Gasteiger partial charge in [-0.15, -0.1) is 0 Å². The number of alkyl halides is 3. The van der Waals surface area contributed by atoms with Crippen LogP contribution in [0.4, 0.5) is 30.5 Å². The van der Waals surface area contributed by atoms with Crippen molar-refractivity contribution in [2.24, 2.45) is 0 Å². The van der Waals surface area contributed by atoms with Crippen LogP contribution in [0.3, 0.4) is 0 Å². The second kappa shape index (κ2) is 11.9. The number of benzene rings is 2. The van der Waals surface area contributed by atoms with Gasteiger partial charge in [0.15, 0.2) is 0 Å². The monoisotopic (exact) mass is 562 g/mol. The minimum Gasteiger partial charge on any atom is -0.481 e. The number of halogens is 3. The Hall–Kier alpha value is -4.51. The molecule has 2 N–H and O–H groups in total. The molecule has 1 aliphatic rings. The molecule has 1 saturated heterocycles. The molecule has 0 bridgehead atoms. The van der Waals surface area contributed by atoms with Gasteiger partial charge in [-0.3, -0.25) is 9.69 Å². The van der Waals surface area contributed by atoms with Crippen molar-refractivity contribution in [3.63, 3.8) is 0 Å². The van der Waals surface area contributed by atoms with Crippen LogP contribution in [0.2, 0.25) is 0 Å². The number of nitrogens with one attached hydrogen (secondary N) is 2. The first-order chi connectivity index (χ1) is 19.7. The summed E-state index contributed by atoms with van der Waals surface area (Å²) in [6, 6.07) is 15.5. The molecule has 0 atom stereocenters. The van der Waals surface area contributed by atoms with E-state index >= 15 is 0 Å². The van der Waals surface area contributed by atoms with Crippen molar-refractivity contribution in [3.8, 4) is 17.1 Å². The lowest BCUT2D eigenvalue weighted by Gasteiger charge is -2.16. The number of nitrogens with zero attached hydrogens (tertiary/aromatic N) is 4. The molecule has 4 aromatic rings. The minimum atomic E-state index is -4.66. The maximum absolute atomic E-state index is 13.7. The van der Waals surface area contributed by atoms with Crippen molar-refractivity contribution in [2.45, 2.75) is 32.5 Å². The summed E-state index contributed by atoms with van der Waals surface area (Å²) < 4.78 is 46.0. The van der Waals surface area contributed by atoms with Crippen LogP contribution < -0.4 is 15.4 Å². The quantitative estimate of drug-likeness (QED) is 0.254. The maximum Gasteiger partial charge on any atom is 0.419 e. The van der Waals surface area contributed by atoms with Crippen LogP contribution in [-0.2, 0) is 12.7 Å². The molecule has 41 heavy (non-hydrogen) atoms. The number of rotatable bonds is 8. The fourth-order valence-electron chi connectivity index (χ4n) is 4.64. The van der Waals surface area contributed by atoms with E-state index in [-0.39, 0.29) is 29.0 Å². The van der Waals surface area contributed by atoms with Gasteiger partial charge in [-0.2, -0.15) is 13.2 Å². The SMILES string of the molecule is COc1ccc(-c2nc(Nc3ccc(C(=O)Nc4cc(CN5CCCC5)ccc4C)cc3)ncc2C(F)(F)F)cn1. The number of pyridine rings is 1. The predicted octanol–water partition coefficient (Wildman–Crippen LogP) is 6.47. The Balaban J connectivity index is 1.30. The van der Waals surface area contributed by atoms with Crippen LogP contribution in [0.1, 0.15) is 39.9 Å². The van der Waals surface area contributed by atoms with Gasteiger partial charge in [0.1, 0.15) is 5.56 Å². The summed E-state index contributed by atoms with van der Waals surface area (Å²) in [6.07, 6.45) is -0.234. The van der Waals surface area contributed by atoms with E-state index in [2.05, 4.69) is 36.6 Å². The number of likely N-dealkylation sites (tertiary alicyclic amines) is 1. The van der Waals surface area contributed by atoms with Crippen molar-refractivity contribution in [2.75, 3.05) is 30.8 Å². The van der Waals surface area contributed by atoms with Crippen LogP contribution in [0.15, 0.2) is 67.0 Å². The number of methoxy groups -OCH3 is 1. The molecule has 0 aliphatic carbocycles. The second-order valence-corrected chi connectivity index (χ2v) is 9.83. The van der Waals surface area contributed by atoms with Crippen molar-refractivity contribution in [3.05, 3.63) is 89.2 Å². The van der Waals surface area contributed by atoms with Gasteiger partial charge in [0.25, 0.3) is 5.91 Å². The molecule has 1 fully saturated rings. The molecule has 1 amide bonds. The molecule has 212 valence electrons. The van der Waals surface area contributed by atoms with Crippen LogP contribution in [-0.4, -0.2) is 46.0 Å². The lowest BCUT2D eigenvalue weighted by Crippen LogP contribution is -2.19. The normalized spacial score (nSPS) is 13.7. The lowest BCUT2D eigenvalue weighted by atomic mass is 10.1. The molecule has 2 aromatic carbocycles. The lowest BCUT2D eigenvalue weighted by molar-refractivity contribution is -0.137. The first-order valence-electron chi connectivity index (χ1n) is 13.1. The summed E-state index contributed by atoms with van der Waals surface area (Å²) in [7, 11) is 1.42. The Morgan fingerprint density at radius 3 is 2.41 bits per heavy atom. The summed E-state index contributed by atoms with van der Waals surface area (Å²) in [5, 5.41) is 5.90. The first-order valence-corrected chi connectivity index (χ1v) is 13.1. The number of aromatic nitrogens is 3. The minimum absolute atomic E-state index is 0.0357. The van der Waals surface area contributed by atoms with E-state index in [4.69, 9.17) is 4.74 Å². The van der Waals surface area contributed by atoms with E-state index in [0.29, 0.717) is 11.3 Å². The molecule has 11 heteroatoms. The average Bonchev–Trinajstić information content (AvgIpc) is 3.48. The molecular weight excluding hydrogens is 533 g/mol. The molecule has 0 saturated carbocycles. The van der Waals surface area contributed by atoms with Gasteiger partial charge in [0, 0.05) is 47.5 Å². The highest BCUT2D eigenvalue weighted by Crippen LogP contribution is 2.36. The largest absolute Gasteiger partial charge is 0.481 e. The fraction of sp³-hybridized carbons (Fsp3) is 0.267. The van der Waals surface area contributed by atoms with Gasteiger partial charge in [-0.25, -0.2) is 15.0 Å². The topological polar surface area (TPSA) is 92.3 Å². The fourth-order valence-corrected chi connectivity index (χ4v) is 4.64. The number of ether oxygens (including phenoxy) is 1. The van der Waals surface area contributed by atoms with Crippen molar-refractivity contribution in [1.82, 2.24) is 19.9 Å². The van der Waals surface area contributed by atoms with Gasteiger partial charge < -0.3 is 15.4 Å². The number of hydrogen-bond acceptors (Lipinski definition) is 7. The standard InChI is InChI=1S/C30H29F3N6O2/c1-19-5-6-20(18-39-13-3-4-14-39)15-25(19)37-28(40)21-7-10-23(11-8-21)36-29-35-17-24(30(31,32)33)27(38-29)22-9-12-26(41-2)34-16-22/h5-12,15-17H,3-4,13-14,18H2,1-2H3,(H,37,40)(H,35,36,38). The Morgan fingerprint density at radius 1 is 1.00 bits per heavy atom. The van der Waals surface area contributed by atoms with Crippen molar-refractivity contribution >= 4 is 23.2 Å². The zero-order chi connectivity index (χ0) is 29.0. The van der Waals surface area contributed by atoms with Crippen LogP contribution in [0.25, 0.3) is 11.3 Å². The predicted molar refractivity (Wildman–Crippen MR) is 150 cm³/mol. The Morgan fingerprint density at radius 2 is 1.76 bits per heavy atom. The number of amides is 1. The average molecular weight is 563 g/mol. The third-order valence-corrected chi connectivity index (χ3v) is 6.87. The molecule has 3 heterocycles. The molecule has 1 aliphatic heterocycles. The maximum atomic E-state index is 13.7. The van der Waals surface area contributed by atoms with E-state index in [1.54, 1.807) is 24.3 Å². The Labute approximate surface area is 235 Å². The molecule has 0 radical (unpaired) electrons. The highest BCUT2D eigenvalue weighted by atomic mass is 19.4. The molecule has 0 spiro atoms. The van der Waals surface area contributed by atoms with E-state index < -0.39 is 11.7 Å². The molecule has 5 rings (SSSR count). The Kier molecular flexibility index (Phi) is 8.16. The van der Waals surface area contributed by atoms with Crippen LogP contribution in [0, 0.1) is 6.92 Å². The number of hydrogen-bond donors (Lipinski definition) is 2. The third-order valence-electron chi connectivity index (χ3n) is 6.87. The molecule has 8 nitrogen and oxygen atoms in total. The molecular formula is C30H29F3N6O2. The molecule has 2 aromatic heterocycles. The van der Waals surface area contributed by atoms with E-state index in [9.17, 15) is 18.0 Å². The number of carbonyl (C=O) groups is 1. The summed E-state index contributed by atoms with van der Waals surface area (Å²) in [6.45, 7) is 4.98. The zero-order valence-electron chi connectivity index (χ0n) is 22.6. The number of anilines is 3. The summed E-state index contributed by atoms with van der Waals surface area (Å²) in [5.41, 5.74) is 2.66. The van der Waals surface area contributed by atoms with Gasteiger partial charge in [0.2, 0.25) is 11.8 Å². The van der Waals surface area contributed by atoms with Gasteiger partial charge in [-0.05, 0) is 80.4 Å². The number of aryl methyl sites for hydroxylation is 1. The van der Waals surface area contributed by atoms with E-state index in [0.717, 1.165) is 42.6 Å². The second-order valence-electron chi connectivity index (χ2n) is 9.83. The number of carbonyl (C=O) groups excluding carboxylic acids is 1. The van der Waals surface area contributed by atoms with Crippen molar-refractivity contribution in [1.29, 1.82) is 0 Å². The van der Waals surface area contributed by atoms with Crippen molar-refractivity contribution < 1.29 is 22.7 Å². The highest BCUT2D eigenvalue weighted by molar-refractivity contribution is 6.04. The molecule has 0 unspecified atom stereocenters. The van der Waals surface area contributed by atoms with Crippen LogP contribution >= 0.6 is 0 Å². The van der Waals surface area contributed by atoms with Gasteiger partial charge in [-0.1, -0.05) is 12.1 Å².